The van der Waals surface area contributed by atoms with Crippen molar-refractivity contribution in [1.82, 2.24) is 0 Å². The predicted octanol–water partition coefficient (Wildman–Crippen LogP) is 5.95. The molecule has 5 atom stereocenters. The number of aliphatic hydroxyl groups is 1. The normalized spacial score (nSPS) is 23.4. The van der Waals surface area contributed by atoms with Crippen molar-refractivity contribution in [2.75, 3.05) is 20.3 Å². The largest absolute Gasteiger partial charge is 0.387 e. The van der Waals surface area contributed by atoms with Gasteiger partial charge in [0.05, 0.1) is 41.1 Å². The number of hydrogen-bond acceptors (Lipinski definition) is 6. The number of benzene rings is 3. The molecule has 1 aliphatic rings. The quantitative estimate of drug-likeness (QED) is 0.239. The van der Waals surface area contributed by atoms with Crippen LogP contribution in [-0.4, -0.2) is 64.0 Å². The van der Waals surface area contributed by atoms with Gasteiger partial charge < -0.3 is 28.8 Å². The minimum absolute atomic E-state index is 0.298. The molecule has 1 aliphatic heterocycles. The molecule has 0 aromatic heterocycles. The lowest BCUT2D eigenvalue weighted by Crippen LogP contribution is -2.62. The van der Waals surface area contributed by atoms with Crippen molar-refractivity contribution >= 4 is 8.07 Å². The van der Waals surface area contributed by atoms with Gasteiger partial charge in [0.15, 0.2) is 0 Å². The first-order valence-electron chi connectivity index (χ1n) is 14.3. The first-order chi connectivity index (χ1) is 19.9. The smallest absolute Gasteiger partial charge is 0.115 e. The third-order valence-corrected chi connectivity index (χ3v) is 9.49. The van der Waals surface area contributed by atoms with Crippen LogP contribution in [0.25, 0.3) is 0 Å². The van der Waals surface area contributed by atoms with Gasteiger partial charge in [-0.05, 0) is 16.7 Å². The maximum Gasteiger partial charge on any atom is 0.115 e. The van der Waals surface area contributed by atoms with Crippen LogP contribution >= 0.6 is 0 Å². The molecule has 3 aromatic rings. The van der Waals surface area contributed by atoms with Crippen LogP contribution in [0.1, 0.15) is 16.7 Å². The van der Waals surface area contributed by atoms with Crippen LogP contribution in [0.15, 0.2) is 102 Å². The molecule has 0 spiro atoms. The second kappa shape index (κ2) is 15.6. The van der Waals surface area contributed by atoms with Crippen LogP contribution in [0, 0.1) is 0 Å². The van der Waals surface area contributed by atoms with E-state index in [4.69, 9.17) is 23.7 Å². The van der Waals surface area contributed by atoms with Crippen LogP contribution in [0.2, 0.25) is 19.6 Å². The zero-order chi connectivity index (χ0) is 29.1. The third-order valence-electron chi connectivity index (χ3n) is 7.27. The fourth-order valence-electron chi connectivity index (χ4n) is 5.13. The molecule has 6 nitrogen and oxygen atoms in total. The minimum atomic E-state index is -1.92. The van der Waals surface area contributed by atoms with E-state index in [-0.39, 0.29) is 0 Å². The second-order valence-corrected chi connectivity index (χ2v) is 16.6. The summed E-state index contributed by atoms with van der Waals surface area (Å²) in [6, 6.07) is 30.1. The van der Waals surface area contributed by atoms with Crippen LogP contribution in [-0.2, 0) is 43.5 Å². The molecule has 3 aromatic carbocycles. The summed E-state index contributed by atoms with van der Waals surface area (Å²) >= 11 is 0. The van der Waals surface area contributed by atoms with Gasteiger partial charge in [-0.1, -0.05) is 122 Å². The summed E-state index contributed by atoms with van der Waals surface area (Å²) in [4.78, 5) is 0. The Kier molecular flexibility index (Phi) is 11.9. The highest BCUT2D eigenvalue weighted by Crippen LogP contribution is 2.34. The van der Waals surface area contributed by atoms with Gasteiger partial charge in [0.1, 0.15) is 30.5 Å². The molecule has 0 amide bonds. The van der Waals surface area contributed by atoms with Crippen LogP contribution in [0.5, 0.6) is 0 Å². The topological polar surface area (TPSA) is 66.4 Å². The number of rotatable bonds is 14. The number of hydrogen-bond donors (Lipinski definition) is 1. The molecule has 0 radical (unpaired) electrons. The SMILES string of the molecule is COC/C=C(/[C@@H]1O[C@H](COCc2ccccc2)[C@@H](OCc2ccccc2)[C@H](OCc2ccccc2)[C@H]1O)[Si](C)(C)C. The Labute approximate surface area is 245 Å². The van der Waals surface area contributed by atoms with E-state index < -0.39 is 38.6 Å². The summed E-state index contributed by atoms with van der Waals surface area (Å²) in [5, 5.41) is 13.0. The van der Waals surface area contributed by atoms with E-state index in [0.717, 1.165) is 21.9 Å². The molecule has 4 rings (SSSR count). The molecule has 1 N–H and O–H groups in total. The monoisotopic (exact) mass is 576 g/mol. The Morgan fingerprint density at radius 2 is 1.24 bits per heavy atom. The van der Waals surface area contributed by atoms with Gasteiger partial charge in [-0.25, -0.2) is 0 Å². The van der Waals surface area contributed by atoms with Crippen molar-refractivity contribution in [1.29, 1.82) is 0 Å². The van der Waals surface area contributed by atoms with E-state index >= 15 is 0 Å². The zero-order valence-electron chi connectivity index (χ0n) is 24.6. The van der Waals surface area contributed by atoms with Crippen molar-refractivity contribution in [2.45, 2.75) is 70.0 Å². The van der Waals surface area contributed by atoms with Crippen molar-refractivity contribution in [3.05, 3.63) is 119 Å². The first kappa shape index (κ1) is 31.3. The summed E-state index contributed by atoms with van der Waals surface area (Å²) < 4.78 is 31.4. The van der Waals surface area contributed by atoms with Crippen LogP contribution < -0.4 is 0 Å². The molecule has 0 saturated carbocycles. The highest BCUT2D eigenvalue weighted by molar-refractivity contribution is 6.83. The molecule has 41 heavy (non-hydrogen) atoms. The molecule has 0 unspecified atom stereocenters. The Bertz CT molecular complexity index is 1180. The second-order valence-electron chi connectivity index (χ2n) is 11.5. The highest BCUT2D eigenvalue weighted by atomic mass is 28.3. The van der Waals surface area contributed by atoms with Crippen molar-refractivity contribution in [3.8, 4) is 0 Å². The van der Waals surface area contributed by atoms with Gasteiger partial charge in [0.2, 0.25) is 0 Å². The van der Waals surface area contributed by atoms with Gasteiger partial charge in [0.25, 0.3) is 0 Å². The molecule has 1 fully saturated rings. The van der Waals surface area contributed by atoms with Gasteiger partial charge in [-0.3, -0.25) is 0 Å². The summed E-state index contributed by atoms with van der Waals surface area (Å²) in [7, 11) is -0.241. The van der Waals surface area contributed by atoms with Crippen molar-refractivity contribution in [2.24, 2.45) is 0 Å². The summed E-state index contributed by atoms with van der Waals surface area (Å²) in [5.41, 5.74) is 3.15. The summed E-state index contributed by atoms with van der Waals surface area (Å²) in [6.07, 6.45) is -1.06. The van der Waals surface area contributed by atoms with E-state index in [1.807, 2.05) is 91.0 Å². The highest BCUT2D eigenvalue weighted by Gasteiger charge is 2.49. The molecule has 7 heteroatoms. The lowest BCUT2D eigenvalue weighted by molar-refractivity contribution is -0.252. The van der Waals surface area contributed by atoms with Gasteiger partial charge >= 0.3 is 0 Å². The van der Waals surface area contributed by atoms with E-state index in [9.17, 15) is 5.11 Å². The lowest BCUT2D eigenvalue weighted by Gasteiger charge is -2.47. The van der Waals surface area contributed by atoms with Gasteiger partial charge in [-0.2, -0.15) is 0 Å². The zero-order valence-corrected chi connectivity index (χ0v) is 25.6. The van der Waals surface area contributed by atoms with Crippen LogP contribution in [0.4, 0.5) is 0 Å². The molecule has 1 saturated heterocycles. The number of methoxy groups -OCH3 is 1. The Morgan fingerprint density at radius 3 is 1.73 bits per heavy atom. The van der Waals surface area contributed by atoms with Crippen molar-refractivity contribution in [3.63, 3.8) is 0 Å². The summed E-state index contributed by atoms with van der Waals surface area (Å²) in [6.45, 7) is 8.68. The number of aliphatic hydroxyl groups excluding tert-OH is 1. The van der Waals surface area contributed by atoms with E-state index in [2.05, 4.69) is 25.7 Å². The Morgan fingerprint density at radius 1 is 0.756 bits per heavy atom. The van der Waals surface area contributed by atoms with E-state index in [0.29, 0.717) is 33.0 Å². The maximum atomic E-state index is 11.9. The molecule has 0 aliphatic carbocycles. The summed E-state index contributed by atoms with van der Waals surface area (Å²) in [5.74, 6) is 0. The Balaban J connectivity index is 1.63. The average molecular weight is 577 g/mol. The standard InChI is InChI=1S/C34H44O6Si/c1-36-21-20-30(41(2,3)4)33-31(35)34(39-24-28-18-12-7-13-19-28)32(38-23-27-16-10-6-11-17-27)29(40-33)25-37-22-26-14-8-5-9-15-26/h5-20,29,31-35H,21-25H2,1-4H3/b30-20-/t29-,31+,32-,33+,34-/m1/s1. The van der Waals surface area contributed by atoms with E-state index in [1.54, 1.807) is 7.11 Å². The lowest BCUT2D eigenvalue weighted by atomic mass is 9.93. The third kappa shape index (κ3) is 9.18. The maximum absolute atomic E-state index is 11.9. The molecular weight excluding hydrogens is 532 g/mol. The number of ether oxygens (including phenoxy) is 5. The molecular formula is C34H44O6Si. The van der Waals surface area contributed by atoms with Crippen LogP contribution in [0.3, 0.4) is 0 Å². The van der Waals surface area contributed by atoms with Gasteiger partial charge in [0, 0.05) is 7.11 Å². The average Bonchev–Trinajstić information content (AvgIpc) is 2.98. The van der Waals surface area contributed by atoms with Gasteiger partial charge in [-0.15, -0.1) is 0 Å². The fourth-order valence-corrected chi connectivity index (χ4v) is 6.92. The fraction of sp³-hybridized carbons (Fsp3) is 0.412. The van der Waals surface area contributed by atoms with Crippen molar-refractivity contribution < 1.29 is 28.8 Å². The molecule has 220 valence electrons. The predicted molar refractivity (Wildman–Crippen MR) is 164 cm³/mol. The minimum Gasteiger partial charge on any atom is -0.387 e. The van der Waals surface area contributed by atoms with E-state index in [1.165, 1.54) is 0 Å². The Hall–Kier alpha value is -2.62. The molecule has 0 bridgehead atoms. The first-order valence-corrected chi connectivity index (χ1v) is 17.8. The molecule has 1 heterocycles.